The fraction of sp³-hybridized carbons (Fsp3) is 0.583. The highest BCUT2D eigenvalue weighted by atomic mass is 16.5. The summed E-state index contributed by atoms with van der Waals surface area (Å²) < 4.78 is 16.7. The second-order valence-electron chi connectivity index (χ2n) is 8.54. The highest BCUT2D eigenvalue weighted by molar-refractivity contribution is 5.80. The number of aliphatic imine (C=N–C) groups is 1. The summed E-state index contributed by atoms with van der Waals surface area (Å²) in [7, 11) is 1.85. The number of aryl methyl sites for hydroxylation is 1. The van der Waals surface area contributed by atoms with Crippen LogP contribution in [0.2, 0.25) is 0 Å². The molecule has 2 fully saturated rings. The normalized spacial score (nSPS) is 18.8. The Kier molecular flexibility index (Phi) is 8.14. The zero-order valence-electron chi connectivity index (χ0n) is 19.3. The van der Waals surface area contributed by atoms with Gasteiger partial charge in [0.1, 0.15) is 5.76 Å². The number of hydrogen-bond acceptors (Lipinski definition) is 6. The molecule has 4 rings (SSSR count). The Hall–Kier alpha value is -2.42. The Bertz CT molecular complexity index is 870. The summed E-state index contributed by atoms with van der Waals surface area (Å²) in [4.78, 5) is 9.24. The Morgan fingerprint density at radius 1 is 1.16 bits per heavy atom. The lowest BCUT2D eigenvalue weighted by molar-refractivity contribution is -0.0390. The lowest BCUT2D eigenvalue weighted by atomic mass is 10.1. The molecule has 0 bridgehead atoms. The third-order valence-electron chi connectivity index (χ3n) is 6.04. The molecule has 0 unspecified atom stereocenters. The number of benzene rings is 1. The topological polar surface area (TPSA) is 75.4 Å². The average molecular weight is 442 g/mol. The van der Waals surface area contributed by atoms with E-state index in [9.17, 15) is 0 Å². The van der Waals surface area contributed by atoms with Gasteiger partial charge < -0.3 is 24.2 Å². The van der Waals surface area contributed by atoms with E-state index in [-0.39, 0.29) is 0 Å². The van der Waals surface area contributed by atoms with Crippen LogP contribution in [0.15, 0.2) is 39.8 Å². The fourth-order valence-electron chi connectivity index (χ4n) is 4.24. The van der Waals surface area contributed by atoms with Crippen LogP contribution in [0, 0.1) is 6.92 Å². The Morgan fingerprint density at radius 3 is 2.66 bits per heavy atom. The highest BCUT2D eigenvalue weighted by Gasteiger charge is 2.20. The van der Waals surface area contributed by atoms with E-state index in [1.165, 1.54) is 11.1 Å². The predicted molar refractivity (Wildman–Crippen MR) is 123 cm³/mol. The Labute approximate surface area is 190 Å². The average Bonchev–Trinajstić information content (AvgIpc) is 3.24. The summed E-state index contributed by atoms with van der Waals surface area (Å²) in [6, 6.07) is 10.6. The minimum Gasteiger partial charge on any atom is -0.381 e. The molecule has 0 spiro atoms. The molecule has 8 heteroatoms. The zero-order chi connectivity index (χ0) is 22.2. The molecule has 2 saturated heterocycles. The van der Waals surface area contributed by atoms with Crippen molar-refractivity contribution in [1.82, 2.24) is 20.3 Å². The summed E-state index contributed by atoms with van der Waals surface area (Å²) in [6.45, 7) is 9.61. The molecule has 0 atom stereocenters. The van der Waals surface area contributed by atoms with Crippen LogP contribution in [-0.4, -0.2) is 73.5 Å². The molecule has 2 aliphatic heterocycles. The molecular formula is C24H35N5O3. The number of piperazine rings is 1. The van der Waals surface area contributed by atoms with Gasteiger partial charge in [0.25, 0.3) is 0 Å². The van der Waals surface area contributed by atoms with Crippen molar-refractivity contribution in [3.05, 3.63) is 52.9 Å². The maximum Gasteiger partial charge on any atom is 0.194 e. The van der Waals surface area contributed by atoms with E-state index in [4.69, 9.17) is 14.0 Å². The fourth-order valence-corrected chi connectivity index (χ4v) is 4.24. The molecule has 0 saturated carbocycles. The summed E-state index contributed by atoms with van der Waals surface area (Å²) in [5, 5.41) is 7.64. The van der Waals surface area contributed by atoms with Gasteiger partial charge in [-0.25, -0.2) is 0 Å². The number of rotatable bonds is 7. The third kappa shape index (κ3) is 6.54. The zero-order valence-corrected chi connectivity index (χ0v) is 19.3. The summed E-state index contributed by atoms with van der Waals surface area (Å²) in [6.07, 6.45) is 2.29. The van der Waals surface area contributed by atoms with Crippen LogP contribution < -0.4 is 5.32 Å². The quantitative estimate of drug-likeness (QED) is 0.523. The van der Waals surface area contributed by atoms with Crippen molar-refractivity contribution in [3.63, 3.8) is 0 Å². The van der Waals surface area contributed by atoms with Gasteiger partial charge in [-0.3, -0.25) is 9.89 Å². The van der Waals surface area contributed by atoms with E-state index in [0.29, 0.717) is 12.7 Å². The van der Waals surface area contributed by atoms with Crippen LogP contribution in [0.25, 0.3) is 0 Å². The van der Waals surface area contributed by atoms with E-state index in [1.54, 1.807) is 0 Å². The second kappa shape index (κ2) is 11.4. The molecule has 1 aromatic heterocycles. The van der Waals surface area contributed by atoms with Crippen molar-refractivity contribution in [2.45, 2.75) is 45.6 Å². The molecule has 1 aromatic carbocycles. The molecule has 174 valence electrons. The number of nitrogens with one attached hydrogen (secondary N) is 1. The SMILES string of the molecule is CN=C(NCc1cccc(COC2CCOCC2)c1)N1CCN(Cc2cc(C)on2)CC1. The lowest BCUT2D eigenvalue weighted by Crippen LogP contribution is -2.52. The first kappa shape index (κ1) is 22.8. The van der Waals surface area contributed by atoms with E-state index < -0.39 is 0 Å². The minimum absolute atomic E-state index is 0.316. The van der Waals surface area contributed by atoms with Gasteiger partial charge >= 0.3 is 0 Å². The van der Waals surface area contributed by atoms with Gasteiger partial charge in [-0.15, -0.1) is 0 Å². The van der Waals surface area contributed by atoms with Crippen molar-refractivity contribution in [2.24, 2.45) is 4.99 Å². The number of nitrogens with zero attached hydrogens (tertiary/aromatic N) is 4. The standard InChI is InChI=1S/C24H35N5O3/c1-19-14-22(27-32-19)17-28-8-10-29(11-9-28)24(25-2)26-16-20-4-3-5-21(15-20)18-31-23-6-12-30-13-7-23/h3-5,14-15,23H,6-13,16-18H2,1-2H3,(H,25,26). The Morgan fingerprint density at radius 2 is 1.94 bits per heavy atom. The molecule has 32 heavy (non-hydrogen) atoms. The second-order valence-corrected chi connectivity index (χ2v) is 8.54. The van der Waals surface area contributed by atoms with Gasteiger partial charge in [-0.05, 0) is 30.9 Å². The molecule has 3 heterocycles. The third-order valence-corrected chi connectivity index (χ3v) is 6.04. The number of hydrogen-bond donors (Lipinski definition) is 1. The van der Waals surface area contributed by atoms with Crippen LogP contribution in [0.1, 0.15) is 35.4 Å². The summed E-state index contributed by atoms with van der Waals surface area (Å²) in [5.41, 5.74) is 3.45. The lowest BCUT2D eigenvalue weighted by Gasteiger charge is -2.36. The molecule has 0 amide bonds. The van der Waals surface area contributed by atoms with Gasteiger partial charge in [0, 0.05) is 65.6 Å². The highest BCUT2D eigenvalue weighted by Crippen LogP contribution is 2.15. The van der Waals surface area contributed by atoms with Crippen molar-refractivity contribution in [2.75, 3.05) is 46.4 Å². The van der Waals surface area contributed by atoms with Crippen molar-refractivity contribution >= 4 is 5.96 Å². The van der Waals surface area contributed by atoms with Crippen molar-refractivity contribution in [1.29, 1.82) is 0 Å². The van der Waals surface area contributed by atoms with Crippen LogP contribution in [0.5, 0.6) is 0 Å². The van der Waals surface area contributed by atoms with Crippen LogP contribution in [0.4, 0.5) is 0 Å². The van der Waals surface area contributed by atoms with E-state index in [2.05, 4.69) is 49.5 Å². The van der Waals surface area contributed by atoms with Crippen LogP contribution in [0.3, 0.4) is 0 Å². The molecule has 0 radical (unpaired) electrons. The van der Waals surface area contributed by atoms with Gasteiger partial charge in [-0.2, -0.15) is 0 Å². The molecule has 8 nitrogen and oxygen atoms in total. The molecule has 1 N–H and O–H groups in total. The van der Waals surface area contributed by atoms with E-state index in [1.807, 2.05) is 20.0 Å². The first-order valence-electron chi connectivity index (χ1n) is 11.6. The van der Waals surface area contributed by atoms with Gasteiger partial charge in [0.15, 0.2) is 5.96 Å². The van der Waals surface area contributed by atoms with E-state index in [0.717, 1.165) is 82.7 Å². The molecular weight excluding hydrogens is 406 g/mol. The first-order valence-corrected chi connectivity index (χ1v) is 11.6. The molecule has 0 aliphatic carbocycles. The maximum atomic E-state index is 6.07. The number of guanidine groups is 1. The molecule has 2 aromatic rings. The van der Waals surface area contributed by atoms with Gasteiger partial charge in [-0.1, -0.05) is 29.4 Å². The molecule has 2 aliphatic rings. The first-order chi connectivity index (χ1) is 15.7. The monoisotopic (exact) mass is 441 g/mol. The minimum atomic E-state index is 0.316. The van der Waals surface area contributed by atoms with Gasteiger partial charge in [0.05, 0.1) is 18.4 Å². The number of ether oxygens (including phenoxy) is 2. The maximum absolute atomic E-state index is 6.07. The summed E-state index contributed by atoms with van der Waals surface area (Å²) in [5.74, 6) is 1.81. The predicted octanol–water partition coefficient (Wildman–Crippen LogP) is 2.57. The summed E-state index contributed by atoms with van der Waals surface area (Å²) >= 11 is 0. The van der Waals surface area contributed by atoms with Crippen molar-refractivity contribution < 1.29 is 14.0 Å². The van der Waals surface area contributed by atoms with E-state index >= 15 is 0 Å². The largest absolute Gasteiger partial charge is 0.381 e. The van der Waals surface area contributed by atoms with Gasteiger partial charge in [0.2, 0.25) is 0 Å². The van der Waals surface area contributed by atoms with Crippen LogP contribution >= 0.6 is 0 Å². The Balaban J connectivity index is 1.22. The van der Waals surface area contributed by atoms with Crippen molar-refractivity contribution in [3.8, 4) is 0 Å². The smallest absolute Gasteiger partial charge is 0.194 e. The van der Waals surface area contributed by atoms with Crippen LogP contribution in [-0.2, 0) is 29.2 Å². The number of aromatic nitrogens is 1.